The Labute approximate surface area is 111 Å². The van der Waals surface area contributed by atoms with Crippen molar-refractivity contribution in [3.8, 4) is 0 Å². The Morgan fingerprint density at radius 1 is 1.24 bits per heavy atom. The first kappa shape index (κ1) is 14.6. The van der Waals surface area contributed by atoms with E-state index in [0.717, 1.165) is 16.7 Å². The molecule has 0 spiro atoms. The van der Waals surface area contributed by atoms with Gasteiger partial charge in [0.2, 0.25) is 0 Å². The average Bonchev–Trinajstić information content (AvgIpc) is 2.17. The number of hydrogen-bond acceptors (Lipinski definition) is 1. The van der Waals surface area contributed by atoms with Gasteiger partial charge in [0.1, 0.15) is 7.85 Å². The maximum absolute atomic E-state index is 5.90. The zero-order valence-corrected chi connectivity index (χ0v) is 10.9. The zero-order chi connectivity index (χ0) is 13.4. The molecule has 75 valence electrons. The normalized spacial score (nSPS) is 11.3. The molecule has 1 aromatic heterocycles. The van der Waals surface area contributed by atoms with Gasteiger partial charge in [-0.2, -0.15) is 0 Å². The fraction of sp³-hybridized carbons (Fsp3) is 0.500. The van der Waals surface area contributed by atoms with Crippen LogP contribution in [0.3, 0.4) is 0 Å². The van der Waals surface area contributed by atoms with Crippen LogP contribution in [0.4, 0.5) is 0 Å². The quantitative estimate of drug-likeness (QED) is 0.512. The predicted molar refractivity (Wildman–Crippen MR) is 81.1 cm³/mol. The van der Waals surface area contributed by atoms with E-state index in [1.165, 1.54) is 7.17 Å². The van der Waals surface area contributed by atoms with Crippen molar-refractivity contribution in [3.05, 3.63) is 11.3 Å². The van der Waals surface area contributed by atoms with Crippen LogP contribution < -0.4 is 16.5 Å². The van der Waals surface area contributed by atoms with Crippen LogP contribution in [0.15, 0.2) is 0 Å². The van der Waals surface area contributed by atoms with Crippen molar-refractivity contribution in [2.24, 2.45) is 0 Å². The number of hydrogen-bond donors (Lipinski definition) is 0. The van der Waals surface area contributed by atoms with Crippen molar-refractivity contribution >= 4 is 61.2 Å². The van der Waals surface area contributed by atoms with Gasteiger partial charge in [0.15, 0.2) is 0 Å². The molecule has 0 fully saturated rings. The lowest BCUT2D eigenvalue weighted by Gasteiger charge is -2.27. The standard InChI is InChI=1S/C10H12B6N/c1-5-7(16(13)14)6(15-12)9(11)17-8(5)10(2,3)4/h1-4H3. The van der Waals surface area contributed by atoms with Gasteiger partial charge in [0.05, 0.1) is 13.7 Å². The summed E-state index contributed by atoms with van der Waals surface area (Å²) in [6, 6.07) is 0. The predicted octanol–water partition coefficient (Wildman–Crippen LogP) is -2.07. The second-order valence-electron chi connectivity index (χ2n) is 5.24. The first-order valence-corrected chi connectivity index (χ1v) is 5.56. The van der Waals surface area contributed by atoms with E-state index in [1.807, 2.05) is 6.92 Å². The highest BCUT2D eigenvalue weighted by Gasteiger charge is 2.23. The summed E-state index contributed by atoms with van der Waals surface area (Å²) in [5, 5.41) is 0. The smallest absolute Gasteiger partial charge is 0.140 e. The first-order chi connectivity index (χ1) is 7.70. The molecule has 0 N–H and O–H groups in total. The molecule has 1 aromatic rings. The number of rotatable bonds is 2. The van der Waals surface area contributed by atoms with Crippen LogP contribution in [0.2, 0.25) is 0 Å². The van der Waals surface area contributed by atoms with Crippen molar-refractivity contribution in [1.29, 1.82) is 0 Å². The highest BCUT2D eigenvalue weighted by atomic mass is 14.7. The van der Waals surface area contributed by atoms with Crippen molar-refractivity contribution in [3.63, 3.8) is 0 Å². The van der Waals surface area contributed by atoms with Gasteiger partial charge in [-0.05, 0) is 18.1 Å². The van der Waals surface area contributed by atoms with E-state index in [0.29, 0.717) is 11.1 Å². The Morgan fingerprint density at radius 3 is 2.12 bits per heavy atom. The lowest BCUT2D eigenvalue weighted by atomic mass is 9.15. The third-order valence-corrected chi connectivity index (χ3v) is 2.77. The molecule has 0 amide bonds. The molecule has 1 nitrogen and oxygen atoms in total. The third-order valence-electron chi connectivity index (χ3n) is 2.77. The fourth-order valence-electron chi connectivity index (χ4n) is 2.07. The topological polar surface area (TPSA) is 12.9 Å². The number of pyridine rings is 1. The molecule has 0 aromatic carbocycles. The summed E-state index contributed by atoms with van der Waals surface area (Å²) < 4.78 is 0. The summed E-state index contributed by atoms with van der Waals surface area (Å²) >= 11 is 0. The van der Waals surface area contributed by atoms with E-state index in [-0.39, 0.29) is 5.41 Å². The van der Waals surface area contributed by atoms with Gasteiger partial charge in [-0.25, -0.2) is 0 Å². The van der Waals surface area contributed by atoms with Crippen LogP contribution >= 0.6 is 0 Å². The average molecular weight is 211 g/mol. The molecule has 0 saturated carbocycles. The van der Waals surface area contributed by atoms with Gasteiger partial charge in [-0.1, -0.05) is 26.2 Å². The van der Waals surface area contributed by atoms with E-state index in [2.05, 4.69) is 25.8 Å². The molecule has 0 atom stereocenters. The lowest BCUT2D eigenvalue weighted by molar-refractivity contribution is 0.567. The Balaban J connectivity index is 3.61. The van der Waals surface area contributed by atoms with Crippen LogP contribution in [0, 0.1) is 6.92 Å². The molecule has 0 bridgehead atoms. The zero-order valence-electron chi connectivity index (χ0n) is 10.9. The summed E-state index contributed by atoms with van der Waals surface area (Å²) in [5.41, 5.74) is 3.51. The van der Waals surface area contributed by atoms with E-state index >= 15 is 0 Å². The molecule has 0 aliphatic carbocycles. The van der Waals surface area contributed by atoms with E-state index < -0.39 is 6.49 Å². The van der Waals surface area contributed by atoms with Crippen LogP contribution in [0.5, 0.6) is 0 Å². The minimum atomic E-state index is -0.615. The molecule has 9 radical (unpaired) electrons. The molecule has 17 heavy (non-hydrogen) atoms. The monoisotopic (exact) mass is 212 g/mol. The van der Waals surface area contributed by atoms with Gasteiger partial charge < -0.3 is 0 Å². The maximum Gasteiger partial charge on any atom is 0.140 e. The highest BCUT2D eigenvalue weighted by Crippen LogP contribution is 2.21. The Kier molecular flexibility index (Phi) is 4.33. The molecule has 0 saturated heterocycles. The van der Waals surface area contributed by atoms with Gasteiger partial charge >= 0.3 is 0 Å². The van der Waals surface area contributed by atoms with Crippen molar-refractivity contribution in [1.82, 2.24) is 4.98 Å². The van der Waals surface area contributed by atoms with Crippen LogP contribution in [0.1, 0.15) is 32.0 Å². The summed E-state index contributed by atoms with van der Waals surface area (Å²) in [6.07, 6.45) is 0. The van der Waals surface area contributed by atoms with Crippen LogP contribution in [-0.4, -0.2) is 49.7 Å². The Bertz CT molecular complexity index is 424. The molecular weight excluding hydrogens is 199 g/mol. The van der Waals surface area contributed by atoms with E-state index in [1.54, 1.807) is 0 Å². The minimum absolute atomic E-state index is 0.116. The summed E-state index contributed by atoms with van der Waals surface area (Å²) in [5.74, 6) is 0. The lowest BCUT2D eigenvalue weighted by Crippen LogP contribution is -2.55. The van der Waals surface area contributed by atoms with Gasteiger partial charge in [0.25, 0.3) is 0 Å². The Hall–Kier alpha value is -0.460. The fourth-order valence-corrected chi connectivity index (χ4v) is 2.07. The van der Waals surface area contributed by atoms with E-state index in [9.17, 15) is 0 Å². The largest absolute Gasteiger partial charge is 0.269 e. The van der Waals surface area contributed by atoms with Crippen LogP contribution in [0.25, 0.3) is 0 Å². The second-order valence-corrected chi connectivity index (χ2v) is 5.24. The van der Waals surface area contributed by atoms with Crippen molar-refractivity contribution in [2.45, 2.75) is 33.1 Å². The third kappa shape index (κ3) is 2.86. The Morgan fingerprint density at radius 2 is 1.76 bits per heavy atom. The van der Waals surface area contributed by atoms with Gasteiger partial charge in [-0.15, -0.1) is 5.46 Å². The van der Waals surface area contributed by atoms with Gasteiger partial charge in [0, 0.05) is 34.3 Å². The molecule has 0 aliphatic heterocycles. The van der Waals surface area contributed by atoms with Crippen molar-refractivity contribution < 1.29 is 0 Å². The van der Waals surface area contributed by atoms with Gasteiger partial charge in [-0.3, -0.25) is 4.98 Å². The second kappa shape index (κ2) is 5.04. The van der Waals surface area contributed by atoms with E-state index in [4.69, 9.17) is 31.1 Å². The van der Waals surface area contributed by atoms with Crippen LogP contribution in [-0.2, 0) is 5.41 Å². The number of nitrogens with zero attached hydrogens (tertiary/aromatic N) is 1. The first-order valence-electron chi connectivity index (χ1n) is 5.56. The summed E-state index contributed by atoms with van der Waals surface area (Å²) in [7, 11) is 24.5. The molecule has 1 rings (SSSR count). The summed E-state index contributed by atoms with van der Waals surface area (Å²) in [4.78, 5) is 4.41. The highest BCUT2D eigenvalue weighted by molar-refractivity contribution is 7.36. The molecular formula is C10H12B6N. The van der Waals surface area contributed by atoms with Crippen molar-refractivity contribution in [2.75, 3.05) is 0 Å². The molecule has 0 aliphatic rings. The minimum Gasteiger partial charge on any atom is -0.269 e. The molecule has 7 heteroatoms. The number of aromatic nitrogens is 1. The SMILES string of the molecule is [B][B]c1c([B])nc(C(C)(C)C)c(C)c1B([B])[B]. The molecule has 1 heterocycles. The summed E-state index contributed by atoms with van der Waals surface area (Å²) in [6.45, 7) is 7.54. The maximum atomic E-state index is 5.90. The molecule has 0 unspecified atom stereocenters.